The molecule has 0 spiro atoms. The highest BCUT2D eigenvalue weighted by Gasteiger charge is 2.31. The highest BCUT2D eigenvalue weighted by Crippen LogP contribution is 2.46. The van der Waals surface area contributed by atoms with Crippen LogP contribution in [0.1, 0.15) is 101 Å². The van der Waals surface area contributed by atoms with Crippen LogP contribution in [0.3, 0.4) is 0 Å². The van der Waals surface area contributed by atoms with E-state index in [4.69, 9.17) is 4.74 Å². The summed E-state index contributed by atoms with van der Waals surface area (Å²) < 4.78 is 5.85. The van der Waals surface area contributed by atoms with Gasteiger partial charge in [-0.25, -0.2) is 0 Å². The van der Waals surface area contributed by atoms with Crippen molar-refractivity contribution in [2.45, 2.75) is 95.1 Å². The van der Waals surface area contributed by atoms with Crippen LogP contribution in [0.15, 0.2) is 36.4 Å². The fourth-order valence-electron chi connectivity index (χ4n) is 5.39. The molecule has 3 heteroatoms. The minimum absolute atomic E-state index is 0.252. The van der Waals surface area contributed by atoms with Gasteiger partial charge in [0.1, 0.15) is 0 Å². The zero-order valence-electron chi connectivity index (χ0n) is 18.8. The predicted octanol–water partition coefficient (Wildman–Crippen LogP) is 7.16. The summed E-state index contributed by atoms with van der Waals surface area (Å²) in [7, 11) is 6.64. The number of methoxy groups -OCH3 is 1. The first-order chi connectivity index (χ1) is 14.1. The van der Waals surface area contributed by atoms with Crippen molar-refractivity contribution in [3.8, 4) is 0 Å². The first kappa shape index (κ1) is 23.0. The molecule has 1 unspecified atom stereocenters. The van der Waals surface area contributed by atoms with Crippen molar-refractivity contribution in [1.29, 1.82) is 0 Å². The lowest BCUT2D eigenvalue weighted by Gasteiger charge is -2.37. The average Bonchev–Trinajstić information content (AvgIpc) is 2.78. The summed E-state index contributed by atoms with van der Waals surface area (Å²) in [5.41, 5.74) is 2.99. The maximum atomic E-state index is 5.85. The van der Waals surface area contributed by atoms with Gasteiger partial charge in [-0.3, -0.25) is 0 Å². The van der Waals surface area contributed by atoms with Crippen LogP contribution in [0.5, 0.6) is 0 Å². The summed E-state index contributed by atoms with van der Waals surface area (Å²) >= 11 is 0. The van der Waals surface area contributed by atoms with Crippen LogP contribution in [0, 0.1) is 11.8 Å². The Morgan fingerprint density at radius 1 is 1.14 bits per heavy atom. The summed E-state index contributed by atoms with van der Waals surface area (Å²) in [6, 6.07) is 9.06. The van der Waals surface area contributed by atoms with E-state index in [2.05, 4.69) is 60.0 Å². The van der Waals surface area contributed by atoms with Crippen LogP contribution in [0.2, 0.25) is 5.04 Å². The second kappa shape index (κ2) is 11.1. The van der Waals surface area contributed by atoms with E-state index in [1.807, 2.05) is 7.11 Å². The minimum atomic E-state index is 0.252. The fraction of sp³-hybridized carbons (Fsp3) is 0.692. The van der Waals surface area contributed by atoms with E-state index in [0.717, 1.165) is 27.3 Å². The molecule has 1 aromatic rings. The molecule has 157 valence electrons. The van der Waals surface area contributed by atoms with Crippen LogP contribution >= 0.6 is 0 Å². The van der Waals surface area contributed by atoms with Crippen LogP contribution in [-0.2, 0) is 4.74 Å². The molecular weight excluding hydrogens is 384 g/mol. The lowest BCUT2D eigenvalue weighted by atomic mass is 9.75. The van der Waals surface area contributed by atoms with E-state index < -0.39 is 0 Å². The molecular formula is C26H39OSi2. The van der Waals surface area contributed by atoms with Crippen molar-refractivity contribution in [2.24, 2.45) is 11.8 Å². The molecule has 0 aliphatic heterocycles. The highest BCUT2D eigenvalue weighted by molar-refractivity contribution is 6.91. The lowest BCUT2D eigenvalue weighted by molar-refractivity contribution is 0.0936. The van der Waals surface area contributed by atoms with Gasteiger partial charge in [0.25, 0.3) is 0 Å². The Morgan fingerprint density at radius 3 is 2.45 bits per heavy atom. The summed E-state index contributed by atoms with van der Waals surface area (Å²) in [5.74, 6) is 2.39. The van der Waals surface area contributed by atoms with Crippen LogP contribution < -0.4 is 0 Å². The third-order valence-electron chi connectivity index (χ3n) is 7.49. The SMILES string of the molecule is CCCC(OC)c1ccccc1C1CCC(/C=C/C2([Si][Si])CCC(C)CC2)CC1. The van der Waals surface area contributed by atoms with Gasteiger partial charge >= 0.3 is 0 Å². The number of benzene rings is 1. The van der Waals surface area contributed by atoms with Gasteiger partial charge in [-0.1, -0.05) is 69.5 Å². The number of hydrogen-bond acceptors (Lipinski definition) is 1. The number of ether oxygens (including phenoxy) is 1. The minimum Gasteiger partial charge on any atom is -0.377 e. The number of hydrogen-bond donors (Lipinski definition) is 0. The van der Waals surface area contributed by atoms with Gasteiger partial charge in [0, 0.05) is 25.9 Å². The summed E-state index contributed by atoms with van der Waals surface area (Å²) in [4.78, 5) is 0. The van der Waals surface area contributed by atoms with E-state index in [1.54, 1.807) is 5.56 Å². The molecule has 0 amide bonds. The molecule has 1 aromatic carbocycles. The molecule has 0 N–H and O–H groups in total. The molecule has 2 fully saturated rings. The smallest absolute Gasteiger partial charge is 0.0823 e. The largest absolute Gasteiger partial charge is 0.377 e. The van der Waals surface area contributed by atoms with Crippen molar-refractivity contribution in [2.75, 3.05) is 7.11 Å². The van der Waals surface area contributed by atoms with Crippen molar-refractivity contribution in [3.05, 3.63) is 47.5 Å². The molecule has 2 aliphatic carbocycles. The van der Waals surface area contributed by atoms with Gasteiger partial charge in [-0.15, -0.1) is 0 Å². The molecule has 0 bridgehead atoms. The molecule has 29 heavy (non-hydrogen) atoms. The van der Waals surface area contributed by atoms with E-state index in [9.17, 15) is 0 Å². The van der Waals surface area contributed by atoms with E-state index >= 15 is 0 Å². The number of rotatable bonds is 8. The zero-order chi connectivity index (χ0) is 20.7. The van der Waals surface area contributed by atoms with Crippen molar-refractivity contribution in [3.63, 3.8) is 0 Å². The Balaban J connectivity index is 1.61. The average molecular weight is 424 g/mol. The van der Waals surface area contributed by atoms with Crippen LogP contribution in [-0.4, -0.2) is 25.9 Å². The number of allylic oxidation sites excluding steroid dienone is 2. The van der Waals surface area contributed by atoms with E-state index in [-0.39, 0.29) is 6.10 Å². The topological polar surface area (TPSA) is 9.23 Å². The summed E-state index contributed by atoms with van der Waals surface area (Å²) in [5, 5.41) is 0.443. The van der Waals surface area contributed by atoms with Crippen LogP contribution in [0.25, 0.3) is 0 Å². The normalized spacial score (nSPS) is 31.8. The van der Waals surface area contributed by atoms with Crippen molar-refractivity contribution in [1.82, 2.24) is 0 Å². The predicted molar refractivity (Wildman–Crippen MR) is 127 cm³/mol. The molecule has 0 heterocycles. The van der Waals surface area contributed by atoms with Gasteiger partial charge < -0.3 is 4.74 Å². The molecule has 0 saturated heterocycles. The molecule has 0 aromatic heterocycles. The monoisotopic (exact) mass is 423 g/mol. The molecule has 1 atom stereocenters. The maximum Gasteiger partial charge on any atom is 0.0823 e. The van der Waals surface area contributed by atoms with Gasteiger partial charge in [0.2, 0.25) is 0 Å². The van der Waals surface area contributed by atoms with Crippen molar-refractivity contribution < 1.29 is 4.74 Å². The van der Waals surface area contributed by atoms with Crippen molar-refractivity contribution >= 4 is 18.8 Å². The summed E-state index contributed by atoms with van der Waals surface area (Å²) in [6.07, 6.45) is 18.6. The first-order valence-electron chi connectivity index (χ1n) is 11.9. The van der Waals surface area contributed by atoms with Gasteiger partial charge in [-0.2, -0.15) is 0 Å². The Hall–Kier alpha value is -0.646. The molecule has 2 aliphatic rings. The lowest BCUT2D eigenvalue weighted by Crippen LogP contribution is -2.25. The molecule has 1 nitrogen and oxygen atoms in total. The Bertz CT molecular complexity index is 640. The van der Waals surface area contributed by atoms with Gasteiger partial charge in [-0.05, 0) is 78.9 Å². The highest BCUT2D eigenvalue weighted by atomic mass is 29.1. The molecule has 5 radical (unpaired) electrons. The third kappa shape index (κ3) is 5.95. The van der Waals surface area contributed by atoms with Crippen LogP contribution in [0.4, 0.5) is 0 Å². The third-order valence-corrected chi connectivity index (χ3v) is 10.2. The zero-order valence-corrected chi connectivity index (χ0v) is 20.8. The quantitative estimate of drug-likeness (QED) is 0.318. The Morgan fingerprint density at radius 2 is 1.83 bits per heavy atom. The molecule has 2 saturated carbocycles. The van der Waals surface area contributed by atoms with Gasteiger partial charge in [0.15, 0.2) is 0 Å². The Kier molecular flexibility index (Phi) is 8.82. The van der Waals surface area contributed by atoms with E-state index in [0.29, 0.717) is 11.0 Å². The second-order valence-electron chi connectivity index (χ2n) is 9.58. The first-order valence-corrected chi connectivity index (χ1v) is 14.4. The molecule has 3 rings (SSSR count). The standard InChI is InChI=1S/C26H39OSi2/c1-4-7-25(27-3)24-9-6-5-8-23(24)22-12-10-21(11-13-22)16-19-26(29-28)17-14-20(2)15-18-26/h5-6,8-9,16,19-22,25H,4,7,10-15,17-18H2,1-3H3/b19-16+. The second-order valence-corrected chi connectivity index (χ2v) is 11.6. The van der Waals surface area contributed by atoms with Gasteiger partial charge in [0.05, 0.1) is 6.10 Å². The summed E-state index contributed by atoms with van der Waals surface area (Å²) in [6.45, 7) is 4.66. The Labute approximate surface area is 185 Å². The van der Waals surface area contributed by atoms with E-state index in [1.165, 1.54) is 63.4 Å². The fourth-order valence-corrected chi connectivity index (χ4v) is 7.11. The maximum absolute atomic E-state index is 5.85.